The molecule has 6 heteroatoms. The number of aryl methyl sites for hydroxylation is 1. The first-order valence-electron chi connectivity index (χ1n) is 7.86. The van der Waals surface area contributed by atoms with Gasteiger partial charge in [-0.3, -0.25) is 4.79 Å². The summed E-state index contributed by atoms with van der Waals surface area (Å²) in [6.45, 7) is 2.48. The van der Waals surface area contributed by atoms with Crippen molar-refractivity contribution in [3.8, 4) is 5.75 Å². The highest BCUT2D eigenvalue weighted by Crippen LogP contribution is 2.17. The van der Waals surface area contributed by atoms with Crippen LogP contribution in [0, 0.1) is 6.92 Å². The Hall–Kier alpha value is -2.60. The number of benzene rings is 2. The molecule has 0 aliphatic carbocycles. The second kappa shape index (κ2) is 7.98. The average molecular weight is 400 g/mol. The molecule has 0 spiro atoms. The van der Waals surface area contributed by atoms with Crippen molar-refractivity contribution in [3.05, 3.63) is 76.4 Å². The molecule has 3 rings (SSSR count). The van der Waals surface area contributed by atoms with E-state index in [0.717, 1.165) is 15.6 Å². The van der Waals surface area contributed by atoms with Crippen LogP contribution in [0.5, 0.6) is 5.75 Å². The number of halogens is 1. The molecule has 3 aromatic rings. The van der Waals surface area contributed by atoms with Crippen LogP contribution in [-0.2, 0) is 11.3 Å². The highest BCUT2D eigenvalue weighted by atomic mass is 79.9. The van der Waals surface area contributed by atoms with Gasteiger partial charge in [-0.2, -0.15) is 5.10 Å². The summed E-state index contributed by atoms with van der Waals surface area (Å²) in [5.74, 6) is 1.13. The number of rotatable bonds is 6. The summed E-state index contributed by atoms with van der Waals surface area (Å²) in [5.41, 5.74) is 2.09. The minimum Gasteiger partial charge on any atom is -0.483 e. The molecule has 0 atom stereocenters. The Balaban J connectivity index is 1.59. The van der Waals surface area contributed by atoms with E-state index in [4.69, 9.17) is 4.74 Å². The van der Waals surface area contributed by atoms with Crippen molar-refractivity contribution in [2.45, 2.75) is 13.5 Å². The topological polar surface area (TPSA) is 56.1 Å². The first-order chi connectivity index (χ1) is 12.1. The lowest BCUT2D eigenvalue weighted by Crippen LogP contribution is -2.22. The number of nitrogens with one attached hydrogen (secondary N) is 1. The molecule has 1 N–H and O–H groups in total. The normalized spacial score (nSPS) is 10.5. The summed E-state index contributed by atoms with van der Waals surface area (Å²) in [6.07, 6.45) is 1.66. The Morgan fingerprint density at radius 2 is 1.92 bits per heavy atom. The Kier molecular flexibility index (Phi) is 5.50. The van der Waals surface area contributed by atoms with Crippen molar-refractivity contribution in [1.29, 1.82) is 0 Å². The van der Waals surface area contributed by atoms with Gasteiger partial charge in [-0.15, -0.1) is 0 Å². The highest BCUT2D eigenvalue weighted by molar-refractivity contribution is 9.10. The summed E-state index contributed by atoms with van der Waals surface area (Å²) in [4.78, 5) is 12.2. The van der Waals surface area contributed by atoms with Gasteiger partial charge in [0.1, 0.15) is 11.6 Å². The number of para-hydroxylation sites is 1. The zero-order valence-electron chi connectivity index (χ0n) is 13.8. The van der Waals surface area contributed by atoms with Crippen LogP contribution in [0.25, 0.3) is 0 Å². The van der Waals surface area contributed by atoms with Gasteiger partial charge in [0.05, 0.1) is 12.7 Å². The van der Waals surface area contributed by atoms with Crippen molar-refractivity contribution >= 4 is 27.7 Å². The molecule has 1 heterocycles. The van der Waals surface area contributed by atoms with Crippen LogP contribution in [0.4, 0.5) is 5.82 Å². The number of carbonyl (C=O) groups is 1. The van der Waals surface area contributed by atoms with Gasteiger partial charge in [0.2, 0.25) is 0 Å². The third kappa shape index (κ3) is 4.70. The minimum absolute atomic E-state index is 0.0473. The van der Waals surface area contributed by atoms with Crippen LogP contribution in [0.15, 0.2) is 65.3 Å². The molecule has 0 bridgehead atoms. The molecule has 128 valence electrons. The molecule has 25 heavy (non-hydrogen) atoms. The molecule has 0 fully saturated rings. The molecule has 0 aliphatic rings. The van der Waals surface area contributed by atoms with E-state index in [1.54, 1.807) is 16.9 Å². The maximum Gasteiger partial charge on any atom is 0.263 e. The zero-order valence-corrected chi connectivity index (χ0v) is 15.4. The number of amides is 1. The summed E-state index contributed by atoms with van der Waals surface area (Å²) in [5, 5.41) is 7.11. The molecule has 0 saturated heterocycles. The number of hydrogen-bond donors (Lipinski definition) is 1. The van der Waals surface area contributed by atoms with Gasteiger partial charge in [0.25, 0.3) is 5.91 Å². The van der Waals surface area contributed by atoms with E-state index in [2.05, 4.69) is 26.3 Å². The fourth-order valence-electron chi connectivity index (χ4n) is 2.37. The lowest BCUT2D eigenvalue weighted by Gasteiger charge is -2.11. The minimum atomic E-state index is -0.221. The van der Waals surface area contributed by atoms with E-state index in [1.165, 1.54) is 0 Å². The summed E-state index contributed by atoms with van der Waals surface area (Å²) >= 11 is 3.42. The molecule has 1 aromatic heterocycles. The van der Waals surface area contributed by atoms with Crippen LogP contribution in [0.2, 0.25) is 0 Å². The van der Waals surface area contributed by atoms with Gasteiger partial charge >= 0.3 is 0 Å². The Bertz CT molecular complexity index is 859. The molecule has 5 nitrogen and oxygen atoms in total. The third-order valence-electron chi connectivity index (χ3n) is 3.68. The van der Waals surface area contributed by atoms with Gasteiger partial charge < -0.3 is 10.1 Å². The molecule has 0 aliphatic heterocycles. The van der Waals surface area contributed by atoms with E-state index in [-0.39, 0.29) is 12.5 Å². The van der Waals surface area contributed by atoms with Crippen molar-refractivity contribution in [2.24, 2.45) is 0 Å². The van der Waals surface area contributed by atoms with E-state index in [1.807, 2.05) is 55.5 Å². The van der Waals surface area contributed by atoms with E-state index >= 15 is 0 Å². The van der Waals surface area contributed by atoms with Crippen LogP contribution >= 0.6 is 15.9 Å². The van der Waals surface area contributed by atoms with Crippen LogP contribution < -0.4 is 10.1 Å². The maximum atomic E-state index is 12.2. The lowest BCUT2D eigenvalue weighted by molar-refractivity contribution is -0.118. The van der Waals surface area contributed by atoms with Crippen molar-refractivity contribution in [2.75, 3.05) is 11.9 Å². The SMILES string of the molecule is Cc1ccccc1OCC(=O)Nc1ccnn1Cc1ccc(Br)cc1. The highest BCUT2D eigenvalue weighted by Gasteiger charge is 2.09. The van der Waals surface area contributed by atoms with Crippen molar-refractivity contribution in [1.82, 2.24) is 9.78 Å². The summed E-state index contributed by atoms with van der Waals surface area (Å²) < 4.78 is 8.34. The molecular weight excluding hydrogens is 382 g/mol. The predicted octanol–water partition coefficient (Wildman–Crippen LogP) is 4.02. The number of ether oxygens (including phenoxy) is 1. The van der Waals surface area contributed by atoms with Crippen LogP contribution in [0.3, 0.4) is 0 Å². The molecule has 0 saturated carbocycles. The van der Waals surface area contributed by atoms with E-state index in [9.17, 15) is 4.79 Å². The Morgan fingerprint density at radius 3 is 2.68 bits per heavy atom. The molecule has 0 radical (unpaired) electrons. The van der Waals surface area contributed by atoms with E-state index < -0.39 is 0 Å². The Labute approximate surface area is 154 Å². The first-order valence-corrected chi connectivity index (χ1v) is 8.65. The molecule has 2 aromatic carbocycles. The number of carbonyl (C=O) groups excluding carboxylic acids is 1. The lowest BCUT2D eigenvalue weighted by atomic mass is 10.2. The van der Waals surface area contributed by atoms with Gasteiger partial charge in [0.15, 0.2) is 6.61 Å². The summed E-state index contributed by atoms with van der Waals surface area (Å²) in [6, 6.07) is 17.4. The number of nitrogens with zero attached hydrogens (tertiary/aromatic N) is 2. The third-order valence-corrected chi connectivity index (χ3v) is 4.21. The number of hydrogen-bond acceptors (Lipinski definition) is 3. The summed E-state index contributed by atoms with van der Waals surface area (Å²) in [7, 11) is 0. The molecule has 1 amide bonds. The van der Waals surface area contributed by atoms with Gasteiger partial charge in [0, 0.05) is 10.5 Å². The van der Waals surface area contributed by atoms with Crippen LogP contribution in [-0.4, -0.2) is 22.3 Å². The Morgan fingerprint density at radius 1 is 1.16 bits per heavy atom. The van der Waals surface area contributed by atoms with Crippen molar-refractivity contribution in [3.63, 3.8) is 0 Å². The molecular formula is C19H18BrN3O2. The van der Waals surface area contributed by atoms with Crippen molar-refractivity contribution < 1.29 is 9.53 Å². The van der Waals surface area contributed by atoms with Gasteiger partial charge in [-0.25, -0.2) is 4.68 Å². The average Bonchev–Trinajstić information content (AvgIpc) is 3.03. The van der Waals surface area contributed by atoms with Gasteiger partial charge in [-0.05, 0) is 36.2 Å². The fraction of sp³-hybridized carbons (Fsp3) is 0.158. The second-order valence-corrected chi connectivity index (χ2v) is 6.52. The largest absolute Gasteiger partial charge is 0.483 e. The van der Waals surface area contributed by atoms with E-state index in [0.29, 0.717) is 18.1 Å². The second-order valence-electron chi connectivity index (χ2n) is 5.60. The number of anilines is 1. The van der Waals surface area contributed by atoms with Crippen LogP contribution in [0.1, 0.15) is 11.1 Å². The fourth-order valence-corrected chi connectivity index (χ4v) is 2.63. The first kappa shape index (κ1) is 17.2. The monoisotopic (exact) mass is 399 g/mol. The molecule has 0 unspecified atom stereocenters. The quantitative estimate of drug-likeness (QED) is 0.680. The number of aromatic nitrogens is 2. The van der Waals surface area contributed by atoms with Gasteiger partial charge in [-0.1, -0.05) is 46.3 Å². The smallest absolute Gasteiger partial charge is 0.263 e. The predicted molar refractivity (Wildman–Crippen MR) is 101 cm³/mol. The zero-order chi connectivity index (χ0) is 17.6. The maximum absolute atomic E-state index is 12.2. The standard InChI is InChI=1S/C19H18BrN3O2/c1-14-4-2-3-5-17(14)25-13-19(24)22-18-10-11-21-23(18)12-15-6-8-16(20)9-7-15/h2-11H,12-13H2,1H3,(H,22,24).